The zero-order valence-corrected chi connectivity index (χ0v) is 10.6. The van der Waals surface area contributed by atoms with Crippen molar-refractivity contribution in [1.82, 2.24) is 0 Å². The van der Waals surface area contributed by atoms with Crippen molar-refractivity contribution in [2.75, 3.05) is 0 Å². The number of carbonyl (C=O) groups excluding carboxylic acids is 1. The minimum Gasteiger partial charge on any atom is -0.319 e. The van der Waals surface area contributed by atoms with Gasteiger partial charge >= 0.3 is 0 Å². The third kappa shape index (κ3) is 2.86. The fourth-order valence-electron chi connectivity index (χ4n) is 1.12. The van der Waals surface area contributed by atoms with Crippen LogP contribution in [0.3, 0.4) is 0 Å². The van der Waals surface area contributed by atoms with Crippen molar-refractivity contribution < 1.29 is 13.6 Å². The van der Waals surface area contributed by atoms with E-state index in [1.807, 2.05) is 0 Å². The Hall–Kier alpha value is -0.810. The summed E-state index contributed by atoms with van der Waals surface area (Å²) in [4.78, 5) is 11.6. The maximum absolute atomic E-state index is 13.5. The molecule has 0 unspecified atom stereocenters. The third-order valence-electron chi connectivity index (χ3n) is 2.19. The SMILES string of the molecule is CC(C)(N)C(=O)Cc1c(F)ccc(Br)c1F. The summed E-state index contributed by atoms with van der Waals surface area (Å²) in [6.45, 7) is 3.01. The Morgan fingerprint density at radius 3 is 2.50 bits per heavy atom. The number of halogens is 3. The maximum atomic E-state index is 13.5. The van der Waals surface area contributed by atoms with Crippen LogP contribution < -0.4 is 5.73 Å². The van der Waals surface area contributed by atoms with E-state index in [2.05, 4.69) is 15.9 Å². The molecule has 0 heterocycles. The van der Waals surface area contributed by atoms with Gasteiger partial charge in [0.15, 0.2) is 5.78 Å². The molecule has 5 heteroatoms. The van der Waals surface area contributed by atoms with E-state index in [1.54, 1.807) is 0 Å². The van der Waals surface area contributed by atoms with Crippen molar-refractivity contribution in [2.45, 2.75) is 25.8 Å². The van der Waals surface area contributed by atoms with Crippen molar-refractivity contribution in [2.24, 2.45) is 5.73 Å². The molecule has 1 aromatic carbocycles. The smallest absolute Gasteiger partial charge is 0.156 e. The highest BCUT2D eigenvalue weighted by Gasteiger charge is 2.25. The number of rotatable bonds is 3. The first kappa shape index (κ1) is 13.3. The zero-order valence-electron chi connectivity index (χ0n) is 8.98. The van der Waals surface area contributed by atoms with Gasteiger partial charge in [0.1, 0.15) is 11.6 Å². The minimum atomic E-state index is -1.10. The Bertz CT molecular complexity index is 427. The molecule has 0 saturated heterocycles. The van der Waals surface area contributed by atoms with Crippen LogP contribution in [0, 0.1) is 11.6 Å². The van der Waals surface area contributed by atoms with E-state index in [9.17, 15) is 13.6 Å². The van der Waals surface area contributed by atoms with Crippen molar-refractivity contribution in [3.8, 4) is 0 Å². The molecule has 0 amide bonds. The lowest BCUT2D eigenvalue weighted by atomic mass is 9.94. The van der Waals surface area contributed by atoms with Gasteiger partial charge in [0.2, 0.25) is 0 Å². The normalized spacial score (nSPS) is 11.6. The van der Waals surface area contributed by atoms with Crippen LogP contribution in [0.1, 0.15) is 19.4 Å². The van der Waals surface area contributed by atoms with Gasteiger partial charge in [-0.05, 0) is 41.9 Å². The van der Waals surface area contributed by atoms with E-state index >= 15 is 0 Å². The minimum absolute atomic E-state index is 0.131. The monoisotopic (exact) mass is 291 g/mol. The third-order valence-corrected chi connectivity index (χ3v) is 2.81. The quantitative estimate of drug-likeness (QED) is 0.870. The summed E-state index contributed by atoms with van der Waals surface area (Å²) in [6.07, 6.45) is -0.347. The molecule has 0 bridgehead atoms. The van der Waals surface area contributed by atoms with Crippen LogP contribution in [0.4, 0.5) is 8.78 Å². The number of benzene rings is 1. The predicted molar refractivity (Wildman–Crippen MR) is 61.0 cm³/mol. The molecule has 0 aliphatic rings. The summed E-state index contributed by atoms with van der Waals surface area (Å²) in [5.41, 5.74) is 4.21. The highest BCUT2D eigenvalue weighted by molar-refractivity contribution is 9.10. The number of hydrogen-bond donors (Lipinski definition) is 1. The molecule has 1 aromatic rings. The molecule has 0 atom stereocenters. The molecule has 88 valence electrons. The molecule has 0 radical (unpaired) electrons. The van der Waals surface area contributed by atoms with E-state index in [4.69, 9.17) is 5.73 Å². The molecule has 0 aliphatic heterocycles. The van der Waals surface area contributed by atoms with Crippen LogP contribution in [-0.2, 0) is 11.2 Å². The second-order valence-corrected chi connectivity index (χ2v) is 5.00. The van der Waals surface area contributed by atoms with Gasteiger partial charge in [-0.2, -0.15) is 0 Å². The Balaban J connectivity index is 3.07. The van der Waals surface area contributed by atoms with Crippen LogP contribution >= 0.6 is 15.9 Å². The summed E-state index contributed by atoms with van der Waals surface area (Å²) in [7, 11) is 0. The molecular weight excluding hydrogens is 280 g/mol. The van der Waals surface area contributed by atoms with Gasteiger partial charge in [0.25, 0.3) is 0 Å². The Morgan fingerprint density at radius 2 is 2.00 bits per heavy atom. The van der Waals surface area contributed by atoms with Gasteiger partial charge < -0.3 is 5.73 Å². The lowest BCUT2D eigenvalue weighted by molar-refractivity contribution is -0.122. The van der Waals surface area contributed by atoms with Crippen LogP contribution in [-0.4, -0.2) is 11.3 Å². The highest BCUT2D eigenvalue weighted by atomic mass is 79.9. The number of carbonyl (C=O) groups is 1. The molecule has 0 spiro atoms. The van der Waals surface area contributed by atoms with Gasteiger partial charge in [-0.1, -0.05) is 0 Å². The standard InChI is InChI=1S/C11H12BrF2NO/c1-11(2,15)9(16)5-6-8(13)4-3-7(12)10(6)14/h3-4H,5,15H2,1-2H3. The summed E-state index contributed by atoms with van der Waals surface area (Å²) >= 11 is 2.94. The van der Waals surface area contributed by atoms with Gasteiger partial charge in [-0.3, -0.25) is 4.79 Å². The average molecular weight is 292 g/mol. The molecule has 2 N–H and O–H groups in total. The fraction of sp³-hybridized carbons (Fsp3) is 0.364. The van der Waals surface area contributed by atoms with E-state index in [0.717, 1.165) is 6.07 Å². The van der Waals surface area contributed by atoms with Crippen molar-refractivity contribution >= 4 is 21.7 Å². The Morgan fingerprint density at radius 1 is 1.44 bits per heavy atom. The fourth-order valence-corrected chi connectivity index (χ4v) is 1.49. The van der Waals surface area contributed by atoms with E-state index < -0.39 is 23.0 Å². The van der Waals surface area contributed by atoms with Gasteiger partial charge in [-0.15, -0.1) is 0 Å². The van der Waals surface area contributed by atoms with E-state index in [-0.39, 0.29) is 16.5 Å². The lowest BCUT2D eigenvalue weighted by Gasteiger charge is -2.17. The first-order valence-corrected chi connectivity index (χ1v) is 5.47. The second-order valence-electron chi connectivity index (χ2n) is 4.14. The van der Waals surface area contributed by atoms with Crippen LogP contribution in [0.25, 0.3) is 0 Å². The van der Waals surface area contributed by atoms with Crippen LogP contribution in [0.2, 0.25) is 0 Å². The molecule has 0 aliphatic carbocycles. The van der Waals surface area contributed by atoms with E-state index in [0.29, 0.717) is 0 Å². The lowest BCUT2D eigenvalue weighted by Crippen LogP contribution is -2.42. The number of Topliss-reactive ketones (excluding diaryl/α,β-unsaturated/α-hetero) is 1. The van der Waals surface area contributed by atoms with Gasteiger partial charge in [-0.25, -0.2) is 8.78 Å². The molecule has 0 aromatic heterocycles. The zero-order chi connectivity index (χ0) is 12.5. The second kappa shape index (κ2) is 4.59. The Labute approximate surface area is 101 Å². The van der Waals surface area contributed by atoms with Gasteiger partial charge in [0, 0.05) is 12.0 Å². The summed E-state index contributed by atoms with van der Waals surface area (Å²) in [5, 5.41) is 0. The molecule has 16 heavy (non-hydrogen) atoms. The highest BCUT2D eigenvalue weighted by Crippen LogP contribution is 2.23. The van der Waals surface area contributed by atoms with Crippen LogP contribution in [0.15, 0.2) is 16.6 Å². The molecule has 0 fully saturated rings. The van der Waals surface area contributed by atoms with Crippen molar-refractivity contribution in [1.29, 1.82) is 0 Å². The largest absolute Gasteiger partial charge is 0.319 e. The molecule has 2 nitrogen and oxygen atoms in total. The summed E-state index contributed by atoms with van der Waals surface area (Å²) < 4.78 is 27.0. The Kier molecular flexibility index (Phi) is 3.80. The van der Waals surface area contributed by atoms with Gasteiger partial charge in [0.05, 0.1) is 10.0 Å². The first-order chi connectivity index (χ1) is 7.23. The van der Waals surface area contributed by atoms with Crippen molar-refractivity contribution in [3.63, 3.8) is 0 Å². The predicted octanol–water partition coefficient (Wildman–Crippen LogP) is 2.58. The van der Waals surface area contributed by atoms with E-state index in [1.165, 1.54) is 19.9 Å². The topological polar surface area (TPSA) is 43.1 Å². The summed E-state index contributed by atoms with van der Waals surface area (Å²) in [5.74, 6) is -1.90. The number of hydrogen-bond acceptors (Lipinski definition) is 2. The number of nitrogens with two attached hydrogens (primary N) is 1. The van der Waals surface area contributed by atoms with Crippen LogP contribution in [0.5, 0.6) is 0 Å². The summed E-state index contributed by atoms with van der Waals surface area (Å²) in [6, 6.07) is 2.37. The average Bonchev–Trinajstić information content (AvgIpc) is 2.17. The maximum Gasteiger partial charge on any atom is 0.156 e. The van der Waals surface area contributed by atoms with Crippen molar-refractivity contribution in [3.05, 3.63) is 33.8 Å². The first-order valence-electron chi connectivity index (χ1n) is 4.68. The number of ketones is 1. The molecular formula is C11H12BrF2NO. The molecule has 0 saturated carbocycles. The molecule has 1 rings (SSSR count).